The Labute approximate surface area is 91.5 Å². The van der Waals surface area contributed by atoms with Crippen LogP contribution in [0.25, 0.3) is 0 Å². The molecule has 1 atom stereocenters. The van der Waals surface area contributed by atoms with E-state index in [1.807, 2.05) is 6.92 Å². The van der Waals surface area contributed by atoms with E-state index in [2.05, 4.69) is 5.10 Å². The summed E-state index contributed by atoms with van der Waals surface area (Å²) in [5.74, 6) is -1.24. The van der Waals surface area contributed by atoms with Gasteiger partial charge in [-0.1, -0.05) is 6.07 Å². The van der Waals surface area contributed by atoms with Gasteiger partial charge < -0.3 is 5.73 Å². The molecular formula is C11H11F2N3. The fourth-order valence-electron chi connectivity index (χ4n) is 1.56. The highest BCUT2D eigenvalue weighted by molar-refractivity contribution is 5.30. The fraction of sp³-hybridized carbons (Fsp3) is 0.182. The van der Waals surface area contributed by atoms with Gasteiger partial charge in [0.05, 0.1) is 12.2 Å². The molecule has 0 saturated carbocycles. The topological polar surface area (TPSA) is 43.8 Å². The lowest BCUT2D eigenvalue weighted by molar-refractivity contribution is 0.500. The van der Waals surface area contributed by atoms with E-state index in [-0.39, 0.29) is 6.04 Å². The molecule has 2 rings (SSSR count). The van der Waals surface area contributed by atoms with Gasteiger partial charge in [0.25, 0.3) is 0 Å². The third-order valence-corrected chi connectivity index (χ3v) is 2.49. The number of hydrogen-bond donors (Lipinski definition) is 1. The van der Waals surface area contributed by atoms with Gasteiger partial charge in [-0.15, -0.1) is 0 Å². The van der Waals surface area contributed by atoms with Crippen LogP contribution in [0.5, 0.6) is 0 Å². The molecule has 0 aliphatic heterocycles. The number of hydrogen-bond acceptors (Lipinski definition) is 2. The monoisotopic (exact) mass is 223 g/mol. The molecule has 0 saturated heterocycles. The molecule has 1 aromatic heterocycles. The maximum atomic E-state index is 13.0. The van der Waals surface area contributed by atoms with Crippen LogP contribution in [0, 0.1) is 11.6 Å². The average molecular weight is 223 g/mol. The third-order valence-electron chi connectivity index (χ3n) is 2.49. The molecule has 1 aromatic carbocycles. The molecule has 0 radical (unpaired) electrons. The normalized spacial score (nSPS) is 12.7. The number of anilines is 1. The van der Waals surface area contributed by atoms with Crippen LogP contribution in [0.2, 0.25) is 0 Å². The summed E-state index contributed by atoms with van der Waals surface area (Å²) in [4.78, 5) is 0. The smallest absolute Gasteiger partial charge is 0.159 e. The van der Waals surface area contributed by atoms with Crippen LogP contribution in [0.3, 0.4) is 0 Å². The van der Waals surface area contributed by atoms with E-state index in [1.165, 1.54) is 6.07 Å². The predicted molar refractivity (Wildman–Crippen MR) is 56.8 cm³/mol. The number of rotatable bonds is 2. The van der Waals surface area contributed by atoms with Crippen molar-refractivity contribution >= 4 is 5.82 Å². The van der Waals surface area contributed by atoms with E-state index >= 15 is 0 Å². The third kappa shape index (κ3) is 1.76. The lowest BCUT2D eigenvalue weighted by atomic mass is 10.1. The van der Waals surface area contributed by atoms with Crippen LogP contribution in [0.4, 0.5) is 14.6 Å². The molecule has 2 N–H and O–H groups in total. The molecule has 1 unspecified atom stereocenters. The van der Waals surface area contributed by atoms with Crippen LogP contribution >= 0.6 is 0 Å². The summed E-state index contributed by atoms with van der Waals surface area (Å²) in [6.07, 6.45) is 1.56. The Bertz CT molecular complexity index is 508. The molecule has 0 spiro atoms. The van der Waals surface area contributed by atoms with E-state index in [4.69, 9.17) is 5.73 Å². The Balaban J connectivity index is 2.38. The summed E-state index contributed by atoms with van der Waals surface area (Å²) in [7, 11) is 0. The largest absolute Gasteiger partial charge is 0.384 e. The van der Waals surface area contributed by atoms with Crippen LogP contribution in [0.1, 0.15) is 18.5 Å². The minimum absolute atomic E-state index is 0.231. The highest BCUT2D eigenvalue weighted by Gasteiger charge is 2.12. The average Bonchev–Trinajstić information content (AvgIpc) is 2.67. The number of benzene rings is 1. The van der Waals surface area contributed by atoms with Gasteiger partial charge >= 0.3 is 0 Å². The first-order chi connectivity index (χ1) is 7.59. The van der Waals surface area contributed by atoms with Crippen molar-refractivity contribution in [1.29, 1.82) is 0 Å². The first kappa shape index (κ1) is 10.6. The van der Waals surface area contributed by atoms with Crippen molar-refractivity contribution in [2.45, 2.75) is 13.0 Å². The molecule has 2 aromatic rings. The number of nitrogen functional groups attached to an aromatic ring is 1. The van der Waals surface area contributed by atoms with Gasteiger partial charge in [-0.3, -0.25) is 0 Å². The molecule has 16 heavy (non-hydrogen) atoms. The molecule has 1 heterocycles. The number of aromatic nitrogens is 2. The van der Waals surface area contributed by atoms with Crippen molar-refractivity contribution in [2.24, 2.45) is 0 Å². The van der Waals surface area contributed by atoms with Crippen molar-refractivity contribution in [2.75, 3.05) is 5.73 Å². The van der Waals surface area contributed by atoms with Gasteiger partial charge in [0, 0.05) is 0 Å². The van der Waals surface area contributed by atoms with Crippen LogP contribution < -0.4 is 5.73 Å². The number of nitrogens with zero attached hydrogens (tertiary/aromatic N) is 2. The summed E-state index contributed by atoms with van der Waals surface area (Å²) in [5.41, 5.74) is 6.30. The van der Waals surface area contributed by atoms with Crippen molar-refractivity contribution in [1.82, 2.24) is 9.78 Å². The summed E-state index contributed by atoms with van der Waals surface area (Å²) < 4.78 is 27.4. The van der Waals surface area contributed by atoms with E-state index < -0.39 is 11.6 Å². The van der Waals surface area contributed by atoms with E-state index in [0.717, 1.165) is 12.1 Å². The molecule has 0 amide bonds. The Hall–Kier alpha value is -1.91. The van der Waals surface area contributed by atoms with Gasteiger partial charge in [0.15, 0.2) is 11.6 Å². The second-order valence-corrected chi connectivity index (χ2v) is 3.55. The number of halogens is 2. The zero-order chi connectivity index (χ0) is 11.7. The second kappa shape index (κ2) is 3.92. The lowest BCUT2D eigenvalue weighted by Gasteiger charge is -2.14. The van der Waals surface area contributed by atoms with Crippen LogP contribution in [-0.2, 0) is 0 Å². The highest BCUT2D eigenvalue weighted by Crippen LogP contribution is 2.21. The van der Waals surface area contributed by atoms with Gasteiger partial charge in [-0.2, -0.15) is 5.10 Å². The summed E-state index contributed by atoms with van der Waals surface area (Å²) in [5, 5.41) is 4.02. The molecule has 0 aliphatic carbocycles. The molecule has 0 aliphatic rings. The van der Waals surface area contributed by atoms with E-state index in [0.29, 0.717) is 11.4 Å². The molecule has 5 heteroatoms. The minimum Gasteiger partial charge on any atom is -0.384 e. The van der Waals surface area contributed by atoms with Gasteiger partial charge in [0.1, 0.15) is 5.82 Å². The summed E-state index contributed by atoms with van der Waals surface area (Å²) >= 11 is 0. The second-order valence-electron chi connectivity index (χ2n) is 3.55. The Morgan fingerprint density at radius 2 is 2.00 bits per heavy atom. The van der Waals surface area contributed by atoms with Crippen molar-refractivity contribution < 1.29 is 8.78 Å². The van der Waals surface area contributed by atoms with Gasteiger partial charge in [-0.05, 0) is 30.7 Å². The van der Waals surface area contributed by atoms with Crippen LogP contribution in [0.15, 0.2) is 30.5 Å². The molecule has 0 bridgehead atoms. The first-order valence-electron chi connectivity index (χ1n) is 4.83. The predicted octanol–water partition coefficient (Wildman–Crippen LogP) is 2.35. The first-order valence-corrected chi connectivity index (χ1v) is 4.83. The van der Waals surface area contributed by atoms with Crippen LogP contribution in [-0.4, -0.2) is 9.78 Å². The maximum absolute atomic E-state index is 13.0. The van der Waals surface area contributed by atoms with Crippen molar-refractivity contribution in [3.63, 3.8) is 0 Å². The highest BCUT2D eigenvalue weighted by atomic mass is 19.2. The maximum Gasteiger partial charge on any atom is 0.159 e. The zero-order valence-corrected chi connectivity index (χ0v) is 8.69. The summed E-state index contributed by atoms with van der Waals surface area (Å²) in [6.45, 7) is 1.82. The lowest BCUT2D eigenvalue weighted by Crippen LogP contribution is -2.11. The molecular weight excluding hydrogens is 212 g/mol. The van der Waals surface area contributed by atoms with Gasteiger partial charge in [-0.25, -0.2) is 13.5 Å². The zero-order valence-electron chi connectivity index (χ0n) is 8.69. The minimum atomic E-state index is -0.866. The number of nitrogens with two attached hydrogens (primary N) is 1. The van der Waals surface area contributed by atoms with Crippen molar-refractivity contribution in [3.8, 4) is 0 Å². The molecule has 3 nitrogen and oxygen atoms in total. The Morgan fingerprint density at radius 1 is 1.25 bits per heavy atom. The molecule has 0 fully saturated rings. The quantitative estimate of drug-likeness (QED) is 0.849. The van der Waals surface area contributed by atoms with Gasteiger partial charge in [0.2, 0.25) is 0 Å². The van der Waals surface area contributed by atoms with E-state index in [1.54, 1.807) is 16.9 Å². The fourth-order valence-corrected chi connectivity index (χ4v) is 1.56. The SMILES string of the molecule is CC(c1ccc(F)c(F)c1)n1nccc1N. The Morgan fingerprint density at radius 3 is 2.56 bits per heavy atom. The van der Waals surface area contributed by atoms with Crippen molar-refractivity contribution in [3.05, 3.63) is 47.7 Å². The van der Waals surface area contributed by atoms with E-state index in [9.17, 15) is 8.78 Å². The molecule has 84 valence electrons. The summed E-state index contributed by atoms with van der Waals surface area (Å²) in [6, 6.07) is 5.19. The standard InChI is InChI=1S/C11H11F2N3/c1-7(16-11(14)4-5-15-16)8-2-3-9(12)10(13)6-8/h2-7H,14H2,1H3. The Kier molecular flexibility index (Phi) is 2.60.